The molecule has 3 rings (SSSR count). The summed E-state index contributed by atoms with van der Waals surface area (Å²) in [6, 6.07) is 11.3. The molecule has 2 heterocycles. The van der Waals surface area contributed by atoms with Crippen molar-refractivity contribution in [1.29, 1.82) is 5.26 Å². The molecule has 1 aliphatic heterocycles. The number of benzene rings is 1. The Morgan fingerprint density at radius 3 is 2.70 bits per heavy atom. The molecule has 8 heteroatoms. The number of aromatic nitrogens is 2. The Bertz CT molecular complexity index is 816. The number of sulfonamides is 1. The van der Waals surface area contributed by atoms with E-state index in [1.807, 2.05) is 6.07 Å². The van der Waals surface area contributed by atoms with Crippen LogP contribution in [0.1, 0.15) is 12.0 Å². The highest BCUT2D eigenvalue weighted by atomic mass is 32.2. The lowest BCUT2D eigenvalue weighted by Gasteiger charge is -2.17. The molecule has 118 valence electrons. The number of ether oxygens (including phenoxy) is 1. The van der Waals surface area contributed by atoms with Crippen LogP contribution in [0.4, 0.5) is 0 Å². The molecule has 1 fully saturated rings. The van der Waals surface area contributed by atoms with Crippen LogP contribution in [0, 0.1) is 11.3 Å². The summed E-state index contributed by atoms with van der Waals surface area (Å²) in [5.74, 6) is 0.384. The molecular formula is C15H14N4O3S. The highest BCUT2D eigenvalue weighted by Crippen LogP contribution is 2.23. The van der Waals surface area contributed by atoms with Gasteiger partial charge in [0.15, 0.2) is 0 Å². The normalized spacial score (nSPS) is 18.5. The molecule has 0 spiro atoms. The Labute approximate surface area is 134 Å². The van der Waals surface area contributed by atoms with Crippen LogP contribution in [0.2, 0.25) is 0 Å². The molecule has 7 nitrogen and oxygen atoms in total. The number of hydrogen-bond acceptors (Lipinski definition) is 6. The molecule has 1 atom stereocenters. The van der Waals surface area contributed by atoms with E-state index in [1.165, 1.54) is 28.6 Å². The maximum Gasteiger partial charge on any atom is 0.243 e. The summed E-state index contributed by atoms with van der Waals surface area (Å²) in [7, 11) is -3.58. The van der Waals surface area contributed by atoms with Crippen molar-refractivity contribution in [2.75, 3.05) is 13.1 Å². The molecule has 0 unspecified atom stereocenters. The van der Waals surface area contributed by atoms with E-state index >= 15 is 0 Å². The van der Waals surface area contributed by atoms with Crippen LogP contribution < -0.4 is 4.74 Å². The van der Waals surface area contributed by atoms with E-state index in [0.29, 0.717) is 24.4 Å². The van der Waals surface area contributed by atoms with Crippen LogP contribution in [0.15, 0.2) is 47.5 Å². The van der Waals surface area contributed by atoms with Crippen LogP contribution in [-0.4, -0.2) is 42.1 Å². The third kappa shape index (κ3) is 3.31. The lowest BCUT2D eigenvalue weighted by atomic mass is 10.2. The Hall–Kier alpha value is -2.50. The molecule has 1 aromatic carbocycles. The first-order valence-electron chi connectivity index (χ1n) is 7.04. The highest BCUT2D eigenvalue weighted by molar-refractivity contribution is 7.89. The summed E-state index contributed by atoms with van der Waals surface area (Å²) >= 11 is 0. The van der Waals surface area contributed by atoms with E-state index < -0.39 is 10.0 Å². The lowest BCUT2D eigenvalue weighted by Crippen LogP contribution is -2.31. The topological polar surface area (TPSA) is 96.2 Å². The summed E-state index contributed by atoms with van der Waals surface area (Å²) < 4.78 is 32.2. The van der Waals surface area contributed by atoms with E-state index in [2.05, 4.69) is 10.2 Å². The molecule has 0 amide bonds. The average Bonchev–Trinajstić information content (AvgIpc) is 3.05. The van der Waals surface area contributed by atoms with Crippen LogP contribution in [-0.2, 0) is 10.0 Å². The van der Waals surface area contributed by atoms with E-state index in [0.717, 1.165) is 0 Å². The van der Waals surface area contributed by atoms with Gasteiger partial charge in [-0.15, -0.1) is 5.10 Å². The first-order valence-corrected chi connectivity index (χ1v) is 8.48. The number of nitriles is 1. The van der Waals surface area contributed by atoms with Crippen molar-refractivity contribution in [3.63, 3.8) is 0 Å². The Kier molecular flexibility index (Phi) is 4.23. The maximum absolute atomic E-state index is 12.6. The molecule has 1 aromatic heterocycles. The van der Waals surface area contributed by atoms with Gasteiger partial charge in [-0.2, -0.15) is 14.7 Å². The second-order valence-electron chi connectivity index (χ2n) is 5.09. The van der Waals surface area contributed by atoms with Gasteiger partial charge in [-0.1, -0.05) is 0 Å². The molecular weight excluding hydrogens is 316 g/mol. The van der Waals surface area contributed by atoms with Gasteiger partial charge in [0.25, 0.3) is 0 Å². The van der Waals surface area contributed by atoms with E-state index in [4.69, 9.17) is 10.00 Å². The van der Waals surface area contributed by atoms with Crippen molar-refractivity contribution in [3.8, 4) is 11.9 Å². The zero-order valence-electron chi connectivity index (χ0n) is 12.2. The zero-order chi connectivity index (χ0) is 16.3. The third-order valence-corrected chi connectivity index (χ3v) is 5.44. The molecule has 0 saturated carbocycles. The lowest BCUT2D eigenvalue weighted by molar-refractivity contribution is 0.204. The quantitative estimate of drug-likeness (QED) is 0.835. The highest BCUT2D eigenvalue weighted by Gasteiger charge is 2.33. The van der Waals surface area contributed by atoms with Crippen molar-refractivity contribution in [3.05, 3.63) is 48.2 Å². The van der Waals surface area contributed by atoms with Gasteiger partial charge >= 0.3 is 0 Å². The third-order valence-electron chi connectivity index (χ3n) is 3.56. The van der Waals surface area contributed by atoms with Gasteiger partial charge in [0.05, 0.1) is 23.1 Å². The summed E-state index contributed by atoms with van der Waals surface area (Å²) in [5.41, 5.74) is 0.425. The van der Waals surface area contributed by atoms with Crippen molar-refractivity contribution in [2.24, 2.45) is 0 Å². The largest absolute Gasteiger partial charge is 0.472 e. The molecule has 0 N–H and O–H groups in total. The number of rotatable bonds is 4. The van der Waals surface area contributed by atoms with E-state index in [-0.39, 0.29) is 17.5 Å². The summed E-state index contributed by atoms with van der Waals surface area (Å²) in [6.45, 7) is 0.645. The maximum atomic E-state index is 12.6. The molecule has 1 saturated heterocycles. The number of nitrogens with zero attached hydrogens (tertiary/aromatic N) is 4. The second kappa shape index (κ2) is 6.32. The first kappa shape index (κ1) is 15.4. The number of hydrogen-bond donors (Lipinski definition) is 0. The minimum atomic E-state index is -3.58. The van der Waals surface area contributed by atoms with Crippen molar-refractivity contribution in [1.82, 2.24) is 14.5 Å². The van der Waals surface area contributed by atoms with Crippen molar-refractivity contribution < 1.29 is 13.2 Å². The van der Waals surface area contributed by atoms with Crippen LogP contribution in [0.25, 0.3) is 0 Å². The summed E-state index contributed by atoms with van der Waals surface area (Å²) in [4.78, 5) is 0.177. The second-order valence-corrected chi connectivity index (χ2v) is 7.03. The standard InChI is InChI=1S/C15H14N4O3S/c16-10-12-3-5-14(6-4-12)23(20,21)19-9-7-13(11-19)22-15-2-1-8-17-18-15/h1-6,8,13H,7,9,11H2/t13-/m1/s1. The predicted molar refractivity (Wildman–Crippen MR) is 81.0 cm³/mol. The van der Waals surface area contributed by atoms with Gasteiger partial charge in [-0.3, -0.25) is 0 Å². The van der Waals surface area contributed by atoms with Crippen LogP contribution in [0.3, 0.4) is 0 Å². The Morgan fingerprint density at radius 1 is 1.26 bits per heavy atom. The summed E-state index contributed by atoms with van der Waals surface area (Å²) in [6.07, 6.45) is 1.88. The van der Waals surface area contributed by atoms with Gasteiger partial charge < -0.3 is 4.74 Å². The smallest absolute Gasteiger partial charge is 0.243 e. The molecule has 1 aliphatic rings. The van der Waals surface area contributed by atoms with Crippen LogP contribution >= 0.6 is 0 Å². The van der Waals surface area contributed by atoms with Gasteiger partial charge in [-0.05, 0) is 36.8 Å². The fourth-order valence-corrected chi connectivity index (χ4v) is 3.87. The van der Waals surface area contributed by atoms with Gasteiger partial charge in [0.2, 0.25) is 15.9 Å². The molecule has 2 aromatic rings. The van der Waals surface area contributed by atoms with E-state index in [9.17, 15) is 8.42 Å². The summed E-state index contributed by atoms with van der Waals surface area (Å²) in [5, 5.41) is 16.3. The minimum Gasteiger partial charge on any atom is -0.472 e. The fraction of sp³-hybridized carbons (Fsp3) is 0.267. The Balaban J connectivity index is 1.71. The monoisotopic (exact) mass is 330 g/mol. The van der Waals surface area contributed by atoms with Gasteiger partial charge in [0, 0.05) is 18.8 Å². The van der Waals surface area contributed by atoms with Crippen molar-refractivity contribution >= 4 is 10.0 Å². The van der Waals surface area contributed by atoms with Crippen molar-refractivity contribution in [2.45, 2.75) is 17.4 Å². The SMILES string of the molecule is N#Cc1ccc(S(=O)(=O)N2CC[C@@H](Oc3cccnn3)C2)cc1. The zero-order valence-corrected chi connectivity index (χ0v) is 13.0. The first-order chi connectivity index (χ1) is 11.1. The fourth-order valence-electron chi connectivity index (χ4n) is 2.38. The van der Waals surface area contributed by atoms with Crippen LogP contribution in [0.5, 0.6) is 5.88 Å². The minimum absolute atomic E-state index is 0.177. The van der Waals surface area contributed by atoms with Gasteiger partial charge in [0.1, 0.15) is 6.10 Å². The average molecular weight is 330 g/mol. The molecule has 23 heavy (non-hydrogen) atoms. The molecule has 0 bridgehead atoms. The van der Waals surface area contributed by atoms with Gasteiger partial charge in [-0.25, -0.2) is 8.42 Å². The van der Waals surface area contributed by atoms with E-state index in [1.54, 1.807) is 18.3 Å². The molecule has 0 radical (unpaired) electrons. The molecule has 0 aliphatic carbocycles. The Morgan fingerprint density at radius 2 is 2.04 bits per heavy atom. The predicted octanol–water partition coefficient (Wildman–Crippen LogP) is 1.19.